The lowest BCUT2D eigenvalue weighted by molar-refractivity contribution is -0.118. The lowest BCUT2D eigenvalue weighted by Crippen LogP contribution is -2.47. The maximum Gasteiger partial charge on any atom is 0.252 e. The van der Waals surface area contributed by atoms with Crippen molar-refractivity contribution in [2.45, 2.75) is 19.9 Å². The number of carbonyl (C=O) groups is 2. The van der Waals surface area contributed by atoms with Crippen LogP contribution >= 0.6 is 0 Å². The largest absolute Gasteiger partial charge is 0.497 e. The minimum absolute atomic E-state index is 0.00487. The molecular formula is C23H30N2O7S. The topological polar surface area (TPSA) is 120 Å². The molecule has 2 amide bonds. The molecule has 2 aromatic rings. The predicted molar refractivity (Wildman–Crippen MR) is 126 cm³/mol. The molecule has 2 aromatic carbocycles. The van der Waals surface area contributed by atoms with Crippen molar-refractivity contribution in [1.82, 2.24) is 5.32 Å². The van der Waals surface area contributed by atoms with Crippen LogP contribution in [0.15, 0.2) is 42.5 Å². The van der Waals surface area contributed by atoms with Gasteiger partial charge in [-0.15, -0.1) is 0 Å². The van der Waals surface area contributed by atoms with Gasteiger partial charge in [-0.3, -0.25) is 9.59 Å². The number of nitrogens with one attached hydrogen (secondary N) is 2. The van der Waals surface area contributed by atoms with Crippen LogP contribution < -0.4 is 24.8 Å². The summed E-state index contributed by atoms with van der Waals surface area (Å²) in [6.45, 7) is 3.65. The molecule has 2 rings (SSSR count). The Morgan fingerprint density at radius 1 is 0.970 bits per heavy atom. The molecule has 0 saturated heterocycles. The third kappa shape index (κ3) is 8.30. The SMILES string of the molecule is COc1cc(OC)cc(C(=O)NC(C(=O)Nc2cccc(OCCS(C)(=O)=O)c2)C(C)C)c1. The van der Waals surface area contributed by atoms with Gasteiger partial charge in [0.25, 0.3) is 5.91 Å². The Morgan fingerprint density at radius 3 is 2.15 bits per heavy atom. The van der Waals surface area contributed by atoms with Gasteiger partial charge in [0.15, 0.2) is 9.84 Å². The van der Waals surface area contributed by atoms with Crippen molar-refractivity contribution in [3.63, 3.8) is 0 Å². The first-order valence-corrected chi connectivity index (χ1v) is 12.3. The van der Waals surface area contributed by atoms with Crippen molar-refractivity contribution in [2.24, 2.45) is 5.92 Å². The molecule has 1 atom stereocenters. The van der Waals surface area contributed by atoms with Gasteiger partial charge < -0.3 is 24.8 Å². The first-order valence-electron chi connectivity index (χ1n) is 10.3. The second-order valence-electron chi connectivity index (χ2n) is 7.79. The van der Waals surface area contributed by atoms with Crippen molar-refractivity contribution in [3.8, 4) is 17.2 Å². The van der Waals surface area contributed by atoms with E-state index in [1.54, 1.807) is 42.5 Å². The molecule has 0 aromatic heterocycles. The lowest BCUT2D eigenvalue weighted by Gasteiger charge is -2.22. The van der Waals surface area contributed by atoms with E-state index < -0.39 is 27.7 Å². The first kappa shape index (κ1) is 26.0. The maximum absolute atomic E-state index is 12.9. The Labute approximate surface area is 194 Å². The number of anilines is 1. The van der Waals surface area contributed by atoms with Gasteiger partial charge in [-0.2, -0.15) is 0 Å². The Bertz CT molecular complexity index is 1060. The van der Waals surface area contributed by atoms with Crippen LogP contribution in [0.3, 0.4) is 0 Å². The van der Waals surface area contributed by atoms with Gasteiger partial charge in [-0.05, 0) is 30.2 Å². The Morgan fingerprint density at radius 2 is 1.61 bits per heavy atom. The van der Waals surface area contributed by atoms with Gasteiger partial charge in [0.2, 0.25) is 5.91 Å². The highest BCUT2D eigenvalue weighted by Gasteiger charge is 2.25. The summed E-state index contributed by atoms with van der Waals surface area (Å²) >= 11 is 0. The average Bonchev–Trinajstić information content (AvgIpc) is 2.75. The highest BCUT2D eigenvalue weighted by molar-refractivity contribution is 7.90. The van der Waals surface area contributed by atoms with E-state index in [0.29, 0.717) is 28.5 Å². The van der Waals surface area contributed by atoms with Gasteiger partial charge in [0, 0.05) is 29.6 Å². The number of ether oxygens (including phenoxy) is 3. The molecule has 10 heteroatoms. The molecule has 9 nitrogen and oxygen atoms in total. The smallest absolute Gasteiger partial charge is 0.252 e. The number of hydrogen-bond donors (Lipinski definition) is 2. The van der Waals surface area contributed by atoms with Gasteiger partial charge in [0.1, 0.15) is 29.9 Å². The number of methoxy groups -OCH3 is 2. The van der Waals surface area contributed by atoms with Crippen LogP contribution in [-0.4, -0.2) is 59.1 Å². The molecule has 0 radical (unpaired) electrons. The normalized spacial score (nSPS) is 12.1. The molecule has 0 aliphatic heterocycles. The van der Waals surface area contributed by atoms with Crippen LogP contribution in [-0.2, 0) is 14.6 Å². The summed E-state index contributed by atoms with van der Waals surface area (Å²) in [5, 5.41) is 5.53. The Kier molecular flexibility index (Phi) is 9.10. The standard InChI is InChI=1S/C23H30N2O7S/c1-15(2)21(25-22(26)16-11-19(30-3)14-20(12-16)31-4)23(27)24-17-7-6-8-18(13-17)32-9-10-33(5,28)29/h6-8,11-15,21H,9-10H2,1-5H3,(H,24,27)(H,25,26). The molecule has 0 heterocycles. The van der Waals surface area contributed by atoms with Crippen LogP contribution in [0.2, 0.25) is 0 Å². The quantitative estimate of drug-likeness (QED) is 0.509. The summed E-state index contributed by atoms with van der Waals surface area (Å²) in [5.74, 6) is 0.177. The summed E-state index contributed by atoms with van der Waals surface area (Å²) in [4.78, 5) is 25.8. The minimum Gasteiger partial charge on any atom is -0.497 e. The number of hydrogen-bond acceptors (Lipinski definition) is 7. The zero-order valence-corrected chi connectivity index (χ0v) is 20.2. The summed E-state index contributed by atoms with van der Waals surface area (Å²) in [5.41, 5.74) is 0.755. The van der Waals surface area contributed by atoms with Gasteiger partial charge in [-0.25, -0.2) is 8.42 Å². The summed E-state index contributed by atoms with van der Waals surface area (Å²) in [6, 6.07) is 10.6. The van der Waals surface area contributed by atoms with Crippen LogP contribution in [0.1, 0.15) is 24.2 Å². The molecule has 0 saturated carbocycles. The van der Waals surface area contributed by atoms with Gasteiger partial charge in [-0.1, -0.05) is 19.9 Å². The van der Waals surface area contributed by atoms with E-state index in [0.717, 1.165) is 6.26 Å². The first-order chi connectivity index (χ1) is 15.5. The fourth-order valence-electron chi connectivity index (χ4n) is 2.89. The van der Waals surface area contributed by atoms with Crippen LogP contribution in [0.4, 0.5) is 5.69 Å². The van der Waals surface area contributed by atoms with E-state index in [1.807, 2.05) is 13.8 Å². The second kappa shape index (κ2) is 11.6. The lowest BCUT2D eigenvalue weighted by atomic mass is 10.0. The number of benzene rings is 2. The summed E-state index contributed by atoms with van der Waals surface area (Å²) < 4.78 is 38.4. The van der Waals surface area contributed by atoms with Crippen molar-refractivity contribution < 1.29 is 32.2 Å². The van der Waals surface area contributed by atoms with E-state index >= 15 is 0 Å². The van der Waals surface area contributed by atoms with Crippen molar-refractivity contribution in [2.75, 3.05) is 38.2 Å². The molecule has 1 unspecified atom stereocenters. The fraction of sp³-hybridized carbons (Fsp3) is 0.391. The molecule has 0 aliphatic rings. The van der Waals surface area contributed by atoms with E-state index in [2.05, 4.69) is 10.6 Å². The summed E-state index contributed by atoms with van der Waals surface area (Å²) in [7, 11) is -0.166. The molecule has 0 aliphatic carbocycles. The highest BCUT2D eigenvalue weighted by atomic mass is 32.2. The van der Waals surface area contributed by atoms with Crippen LogP contribution in [0.25, 0.3) is 0 Å². The van der Waals surface area contributed by atoms with Crippen molar-refractivity contribution in [3.05, 3.63) is 48.0 Å². The Hall–Kier alpha value is -3.27. The molecule has 0 fully saturated rings. The van der Waals surface area contributed by atoms with E-state index in [1.165, 1.54) is 14.2 Å². The summed E-state index contributed by atoms with van der Waals surface area (Å²) in [6.07, 6.45) is 1.13. The van der Waals surface area contributed by atoms with Crippen molar-refractivity contribution >= 4 is 27.3 Å². The maximum atomic E-state index is 12.9. The number of carbonyl (C=O) groups excluding carboxylic acids is 2. The molecule has 2 N–H and O–H groups in total. The van der Waals surface area contributed by atoms with E-state index in [4.69, 9.17) is 14.2 Å². The molecule has 0 spiro atoms. The van der Waals surface area contributed by atoms with Gasteiger partial charge in [0.05, 0.1) is 20.0 Å². The van der Waals surface area contributed by atoms with E-state index in [9.17, 15) is 18.0 Å². The third-order valence-electron chi connectivity index (χ3n) is 4.67. The molecule has 180 valence electrons. The molecule has 0 bridgehead atoms. The molecular weight excluding hydrogens is 448 g/mol. The zero-order valence-electron chi connectivity index (χ0n) is 19.4. The van der Waals surface area contributed by atoms with Crippen LogP contribution in [0.5, 0.6) is 17.2 Å². The van der Waals surface area contributed by atoms with Crippen LogP contribution in [0, 0.1) is 5.92 Å². The third-order valence-corrected chi connectivity index (χ3v) is 5.58. The highest BCUT2D eigenvalue weighted by Crippen LogP contribution is 2.23. The number of sulfone groups is 1. The average molecular weight is 479 g/mol. The second-order valence-corrected chi connectivity index (χ2v) is 10.1. The molecule has 33 heavy (non-hydrogen) atoms. The Balaban J connectivity index is 2.10. The fourth-order valence-corrected chi connectivity index (χ4v) is 3.28. The van der Waals surface area contributed by atoms with Crippen molar-refractivity contribution in [1.29, 1.82) is 0 Å². The van der Waals surface area contributed by atoms with E-state index in [-0.39, 0.29) is 18.3 Å². The zero-order chi connectivity index (χ0) is 24.6. The number of amides is 2. The minimum atomic E-state index is -3.14. The number of rotatable bonds is 11. The predicted octanol–water partition coefficient (Wildman–Crippen LogP) is 2.52. The van der Waals surface area contributed by atoms with Gasteiger partial charge >= 0.3 is 0 Å². The monoisotopic (exact) mass is 478 g/mol.